The van der Waals surface area contributed by atoms with Gasteiger partial charge in [-0.15, -0.1) is 0 Å². The summed E-state index contributed by atoms with van der Waals surface area (Å²) in [6.07, 6.45) is 1.44. The summed E-state index contributed by atoms with van der Waals surface area (Å²) in [5, 5.41) is -0.240. The quantitative estimate of drug-likeness (QED) is 0.402. The Morgan fingerprint density at radius 3 is 2.61 bits per heavy atom. The number of halogens is 2. The van der Waals surface area contributed by atoms with Gasteiger partial charge in [-0.05, 0) is 61.4 Å². The highest BCUT2D eigenvalue weighted by Gasteiger charge is 2.16. The van der Waals surface area contributed by atoms with Crippen molar-refractivity contribution in [2.75, 3.05) is 4.72 Å². The van der Waals surface area contributed by atoms with Crippen molar-refractivity contribution in [1.82, 2.24) is 9.55 Å². The lowest BCUT2D eigenvalue weighted by atomic mass is 10.1. The summed E-state index contributed by atoms with van der Waals surface area (Å²) in [4.78, 5) is 4.65. The standard InChI is InChI=1S/C23H21ClFN3O2S/c1-2-28-22-9-4-3-8-21(22)26-23(28)13-10-16-6-5-7-17(14-16)27-31(29,30)18-11-12-20(25)19(24)15-18/h3-9,11-12,14-15,27H,2,10,13H2,1H3. The van der Waals surface area contributed by atoms with Crippen molar-refractivity contribution >= 4 is 38.3 Å². The number of aromatic nitrogens is 2. The fourth-order valence-corrected chi connectivity index (χ4v) is 4.89. The molecular weight excluding hydrogens is 437 g/mol. The third-order valence-electron chi connectivity index (χ3n) is 5.07. The van der Waals surface area contributed by atoms with Crippen LogP contribution in [0.5, 0.6) is 0 Å². The zero-order valence-corrected chi connectivity index (χ0v) is 18.4. The number of nitrogens with one attached hydrogen (secondary N) is 1. The van der Waals surface area contributed by atoms with E-state index < -0.39 is 15.8 Å². The summed E-state index contributed by atoms with van der Waals surface area (Å²) in [5.74, 6) is 0.330. The average molecular weight is 458 g/mol. The largest absolute Gasteiger partial charge is 0.328 e. The number of para-hydroxylation sites is 2. The molecule has 4 rings (SSSR count). The Morgan fingerprint density at radius 1 is 1.03 bits per heavy atom. The zero-order chi connectivity index (χ0) is 22.0. The molecule has 0 radical (unpaired) electrons. The normalized spacial score (nSPS) is 11.7. The number of benzene rings is 3. The molecule has 0 aliphatic carbocycles. The molecule has 0 unspecified atom stereocenters. The van der Waals surface area contributed by atoms with Gasteiger partial charge in [-0.1, -0.05) is 35.9 Å². The number of aryl methyl sites for hydroxylation is 3. The van der Waals surface area contributed by atoms with Gasteiger partial charge in [-0.2, -0.15) is 0 Å². The Bertz CT molecular complexity index is 1350. The molecule has 0 fully saturated rings. The lowest BCUT2D eigenvalue weighted by Crippen LogP contribution is -2.13. The molecule has 0 amide bonds. The Hall–Kier alpha value is -2.90. The van der Waals surface area contributed by atoms with Crippen LogP contribution in [0.15, 0.2) is 71.6 Å². The molecule has 8 heteroatoms. The maximum Gasteiger partial charge on any atom is 0.261 e. The number of nitrogens with zero attached hydrogens (tertiary/aromatic N) is 2. The van der Waals surface area contributed by atoms with E-state index in [0.717, 1.165) is 47.5 Å². The van der Waals surface area contributed by atoms with Crippen LogP contribution in [0.4, 0.5) is 10.1 Å². The molecule has 1 aromatic heterocycles. The third-order valence-corrected chi connectivity index (χ3v) is 6.74. The van der Waals surface area contributed by atoms with Crippen LogP contribution in [0.25, 0.3) is 11.0 Å². The Labute approximate surface area is 185 Å². The first kappa shape index (κ1) is 21.3. The first-order valence-corrected chi connectivity index (χ1v) is 11.7. The van der Waals surface area contributed by atoms with Crippen molar-refractivity contribution in [1.29, 1.82) is 0 Å². The maximum absolute atomic E-state index is 13.4. The molecular formula is C23H21ClFN3O2S. The summed E-state index contributed by atoms with van der Waals surface area (Å²) in [6, 6.07) is 18.6. The van der Waals surface area contributed by atoms with E-state index in [9.17, 15) is 12.8 Å². The van der Waals surface area contributed by atoms with Crippen LogP contribution >= 0.6 is 11.6 Å². The van der Waals surface area contributed by atoms with E-state index in [2.05, 4.69) is 22.3 Å². The molecule has 5 nitrogen and oxygen atoms in total. The fraction of sp³-hybridized carbons (Fsp3) is 0.174. The van der Waals surface area contributed by atoms with Gasteiger partial charge in [0, 0.05) is 18.7 Å². The van der Waals surface area contributed by atoms with Crippen LogP contribution in [-0.2, 0) is 29.4 Å². The van der Waals surface area contributed by atoms with Gasteiger partial charge in [0.1, 0.15) is 11.6 Å². The smallest absolute Gasteiger partial charge is 0.261 e. The predicted molar refractivity (Wildman–Crippen MR) is 121 cm³/mol. The summed E-state index contributed by atoms with van der Waals surface area (Å²) in [7, 11) is -3.88. The monoisotopic (exact) mass is 457 g/mol. The van der Waals surface area contributed by atoms with E-state index in [1.165, 1.54) is 6.07 Å². The number of anilines is 1. The second kappa shape index (κ2) is 8.69. The van der Waals surface area contributed by atoms with Crippen LogP contribution < -0.4 is 4.72 Å². The van der Waals surface area contributed by atoms with Crippen molar-refractivity contribution in [3.05, 3.63) is 89.0 Å². The Kier molecular flexibility index (Phi) is 5.98. The minimum atomic E-state index is -3.88. The molecule has 0 atom stereocenters. The highest BCUT2D eigenvalue weighted by atomic mass is 35.5. The molecule has 1 N–H and O–H groups in total. The summed E-state index contributed by atoms with van der Waals surface area (Å²) >= 11 is 5.73. The topological polar surface area (TPSA) is 64.0 Å². The van der Waals surface area contributed by atoms with Gasteiger partial charge in [0.2, 0.25) is 0 Å². The van der Waals surface area contributed by atoms with Gasteiger partial charge in [0.15, 0.2) is 0 Å². The minimum absolute atomic E-state index is 0.0963. The minimum Gasteiger partial charge on any atom is -0.328 e. The van der Waals surface area contributed by atoms with Gasteiger partial charge in [-0.25, -0.2) is 17.8 Å². The van der Waals surface area contributed by atoms with Gasteiger partial charge in [0.05, 0.1) is 21.0 Å². The van der Waals surface area contributed by atoms with Crippen LogP contribution in [0.1, 0.15) is 18.3 Å². The molecule has 160 valence electrons. The second-order valence-electron chi connectivity index (χ2n) is 7.14. The number of fused-ring (bicyclic) bond motifs is 1. The van der Waals surface area contributed by atoms with Crippen molar-refractivity contribution < 1.29 is 12.8 Å². The van der Waals surface area contributed by atoms with Gasteiger partial charge in [0.25, 0.3) is 10.0 Å². The molecule has 31 heavy (non-hydrogen) atoms. The van der Waals surface area contributed by atoms with Crippen LogP contribution in [-0.4, -0.2) is 18.0 Å². The van der Waals surface area contributed by atoms with Gasteiger partial charge >= 0.3 is 0 Å². The molecule has 4 aromatic rings. The molecule has 0 saturated carbocycles. The third kappa shape index (κ3) is 4.57. The van der Waals surface area contributed by atoms with E-state index in [4.69, 9.17) is 16.6 Å². The van der Waals surface area contributed by atoms with E-state index in [1.807, 2.05) is 24.3 Å². The second-order valence-corrected chi connectivity index (χ2v) is 9.23. The van der Waals surface area contributed by atoms with Crippen molar-refractivity contribution in [2.24, 2.45) is 0 Å². The van der Waals surface area contributed by atoms with Crippen LogP contribution in [0.2, 0.25) is 5.02 Å². The number of sulfonamides is 1. The van der Waals surface area contributed by atoms with Crippen LogP contribution in [0, 0.1) is 5.82 Å². The summed E-state index contributed by atoms with van der Waals surface area (Å²) in [5.41, 5.74) is 3.49. The molecule has 0 bridgehead atoms. The van der Waals surface area contributed by atoms with E-state index in [-0.39, 0.29) is 9.92 Å². The predicted octanol–water partition coefficient (Wildman–Crippen LogP) is 5.43. The first-order valence-electron chi connectivity index (χ1n) is 9.88. The zero-order valence-electron chi connectivity index (χ0n) is 16.8. The summed E-state index contributed by atoms with van der Waals surface area (Å²) in [6.45, 7) is 2.92. The molecule has 3 aromatic carbocycles. The van der Waals surface area contributed by atoms with Crippen molar-refractivity contribution in [2.45, 2.75) is 31.2 Å². The molecule has 1 heterocycles. The van der Waals surface area contributed by atoms with E-state index in [1.54, 1.807) is 18.2 Å². The lowest BCUT2D eigenvalue weighted by molar-refractivity contribution is 0.599. The summed E-state index contributed by atoms with van der Waals surface area (Å²) < 4.78 is 43.4. The molecule has 0 aliphatic rings. The first-order chi connectivity index (χ1) is 14.9. The maximum atomic E-state index is 13.4. The number of rotatable bonds is 7. The van der Waals surface area contributed by atoms with Crippen molar-refractivity contribution in [3.8, 4) is 0 Å². The average Bonchev–Trinajstić information content (AvgIpc) is 3.11. The molecule has 0 aliphatic heterocycles. The SMILES string of the molecule is CCn1c(CCc2cccc(NS(=O)(=O)c3ccc(F)c(Cl)c3)c2)nc2ccccc21. The molecule has 0 saturated heterocycles. The Balaban J connectivity index is 1.52. The highest BCUT2D eigenvalue weighted by molar-refractivity contribution is 7.92. The highest BCUT2D eigenvalue weighted by Crippen LogP contribution is 2.23. The number of hydrogen-bond donors (Lipinski definition) is 1. The van der Waals surface area contributed by atoms with Gasteiger partial charge in [-0.3, -0.25) is 4.72 Å². The lowest BCUT2D eigenvalue weighted by Gasteiger charge is -2.11. The van der Waals surface area contributed by atoms with Crippen molar-refractivity contribution in [3.63, 3.8) is 0 Å². The van der Waals surface area contributed by atoms with Crippen LogP contribution in [0.3, 0.4) is 0 Å². The van der Waals surface area contributed by atoms with E-state index in [0.29, 0.717) is 12.1 Å². The fourth-order valence-electron chi connectivity index (χ4n) is 3.57. The van der Waals surface area contributed by atoms with E-state index >= 15 is 0 Å². The Morgan fingerprint density at radius 2 is 1.84 bits per heavy atom. The van der Waals surface area contributed by atoms with Gasteiger partial charge < -0.3 is 4.57 Å². The number of hydrogen-bond acceptors (Lipinski definition) is 3. The number of imidazole rings is 1. The molecule has 0 spiro atoms.